The normalized spacial score (nSPS) is 24.3. The molecule has 203 valence electrons. The zero-order valence-electron chi connectivity index (χ0n) is 21.7. The van der Waals surface area contributed by atoms with Gasteiger partial charge in [-0.3, -0.25) is 0 Å². The average molecular weight is 522 g/mol. The summed E-state index contributed by atoms with van der Waals surface area (Å²) in [5.41, 5.74) is -0.0587. The second-order valence-corrected chi connectivity index (χ2v) is 11.2. The van der Waals surface area contributed by atoms with Crippen molar-refractivity contribution in [2.75, 3.05) is 0 Å². The first-order valence-corrected chi connectivity index (χ1v) is 14.1. The van der Waals surface area contributed by atoms with Gasteiger partial charge < -0.3 is 4.74 Å². The molecule has 37 heavy (non-hydrogen) atoms. The van der Waals surface area contributed by atoms with Crippen LogP contribution in [0.1, 0.15) is 108 Å². The van der Waals surface area contributed by atoms with Crippen molar-refractivity contribution >= 4 is 0 Å². The highest BCUT2D eigenvalue weighted by molar-refractivity contribution is 5.38. The molecule has 0 bridgehead atoms. The van der Waals surface area contributed by atoms with Crippen molar-refractivity contribution < 1.29 is 26.7 Å². The van der Waals surface area contributed by atoms with Crippen molar-refractivity contribution in [3.05, 3.63) is 58.9 Å². The fourth-order valence-electron chi connectivity index (χ4n) is 6.36. The van der Waals surface area contributed by atoms with Crippen LogP contribution in [0.2, 0.25) is 0 Å². The summed E-state index contributed by atoms with van der Waals surface area (Å²) < 4.78 is 75.4. The second kappa shape index (κ2) is 13.1. The van der Waals surface area contributed by atoms with Gasteiger partial charge in [-0.15, -0.1) is 0 Å². The molecule has 2 aromatic carbocycles. The smallest absolute Gasteiger partial charge is 0.194 e. The molecule has 1 nitrogen and oxygen atoms in total. The Hall–Kier alpha value is -2.11. The minimum absolute atomic E-state index is 0.0587. The van der Waals surface area contributed by atoms with Crippen molar-refractivity contribution in [3.8, 4) is 11.5 Å². The highest BCUT2D eigenvalue weighted by Crippen LogP contribution is 2.43. The molecule has 1 radical (unpaired) electrons. The van der Waals surface area contributed by atoms with Crippen LogP contribution in [0.25, 0.3) is 0 Å². The summed E-state index contributed by atoms with van der Waals surface area (Å²) >= 11 is 0. The average Bonchev–Trinajstić information content (AvgIpc) is 2.89. The van der Waals surface area contributed by atoms with E-state index >= 15 is 4.39 Å². The fraction of sp³-hybridized carbons (Fsp3) is 0.613. The zero-order valence-corrected chi connectivity index (χ0v) is 21.7. The van der Waals surface area contributed by atoms with Gasteiger partial charge in [-0.25, -0.2) is 22.0 Å². The van der Waals surface area contributed by atoms with Gasteiger partial charge in [0.25, 0.3) is 0 Å². The lowest BCUT2D eigenvalue weighted by molar-refractivity contribution is 0.221. The summed E-state index contributed by atoms with van der Waals surface area (Å²) in [4.78, 5) is 0. The lowest BCUT2D eigenvalue weighted by Gasteiger charge is -2.32. The molecular weight excluding hydrogens is 483 g/mol. The van der Waals surface area contributed by atoms with Gasteiger partial charge in [0.15, 0.2) is 29.0 Å². The van der Waals surface area contributed by atoms with E-state index in [1.807, 2.05) is 0 Å². The molecule has 2 aliphatic rings. The number of benzene rings is 2. The third kappa shape index (κ3) is 7.26. The zero-order chi connectivity index (χ0) is 26.4. The first-order chi connectivity index (χ1) is 17.9. The predicted molar refractivity (Wildman–Crippen MR) is 135 cm³/mol. The highest BCUT2D eigenvalue weighted by atomic mass is 19.2. The van der Waals surface area contributed by atoms with Crippen molar-refractivity contribution in [2.24, 2.45) is 17.8 Å². The standard InChI is InChI=1S/C31H38F5O/c1-2-3-4-5-20-6-8-21(9-7-20)10-11-22-12-14-23(15-13-22)29-25(32)16-17-28(31(29)36)37-24-18-26(33)30(35)27(34)19-24/h16,18-23H,2-15H2,1H3/t20-,21-,22?,23?. The van der Waals surface area contributed by atoms with Gasteiger partial charge in [0.05, 0.1) is 0 Å². The molecule has 2 saturated carbocycles. The molecule has 4 rings (SSSR count). The molecule has 2 fully saturated rings. The van der Waals surface area contributed by atoms with Gasteiger partial charge in [-0.05, 0) is 55.4 Å². The molecule has 6 heteroatoms. The molecule has 0 N–H and O–H groups in total. The number of ether oxygens (including phenoxy) is 1. The summed E-state index contributed by atoms with van der Waals surface area (Å²) in [7, 11) is 0. The number of unbranched alkanes of at least 4 members (excludes halogenated alkanes) is 2. The Morgan fingerprint density at radius 3 is 1.81 bits per heavy atom. The van der Waals surface area contributed by atoms with Gasteiger partial charge in [0.2, 0.25) is 0 Å². The highest BCUT2D eigenvalue weighted by Gasteiger charge is 2.30. The SMILES string of the molecule is CCCCC[C@H]1CC[C@H](CCC2CCC(c3c(F)c[c]c(Oc4cc(F)c(F)c(F)c4)c3F)CC2)CC1. The van der Waals surface area contributed by atoms with Crippen LogP contribution in [0.4, 0.5) is 22.0 Å². The molecule has 0 unspecified atom stereocenters. The van der Waals surface area contributed by atoms with E-state index in [1.54, 1.807) is 0 Å². The van der Waals surface area contributed by atoms with Crippen molar-refractivity contribution in [1.82, 2.24) is 0 Å². The molecule has 0 amide bonds. The van der Waals surface area contributed by atoms with E-state index in [-0.39, 0.29) is 11.5 Å². The third-order valence-corrected chi connectivity index (χ3v) is 8.62. The lowest BCUT2D eigenvalue weighted by Crippen LogP contribution is -2.18. The summed E-state index contributed by atoms with van der Waals surface area (Å²) in [5.74, 6) is -4.96. The maximum absolute atomic E-state index is 15.2. The molecular formula is C31H38F5O. The molecule has 2 aliphatic carbocycles. The topological polar surface area (TPSA) is 9.23 Å². The minimum Gasteiger partial charge on any atom is -0.453 e. The minimum atomic E-state index is -1.64. The third-order valence-electron chi connectivity index (χ3n) is 8.62. The van der Waals surface area contributed by atoms with Gasteiger partial charge >= 0.3 is 0 Å². The number of hydrogen-bond acceptors (Lipinski definition) is 1. The van der Waals surface area contributed by atoms with Gasteiger partial charge in [0, 0.05) is 23.8 Å². The molecule has 0 aromatic heterocycles. The van der Waals surface area contributed by atoms with Crippen LogP contribution < -0.4 is 4.74 Å². The van der Waals surface area contributed by atoms with Crippen LogP contribution in [-0.2, 0) is 0 Å². The van der Waals surface area contributed by atoms with E-state index in [0.717, 1.165) is 30.7 Å². The first kappa shape index (κ1) is 27.9. The predicted octanol–water partition coefficient (Wildman–Crippen LogP) is 10.4. The van der Waals surface area contributed by atoms with Crippen LogP contribution in [0, 0.1) is 52.9 Å². The Kier molecular flexibility index (Phi) is 9.89. The number of hydrogen-bond donors (Lipinski definition) is 0. The summed E-state index contributed by atoms with van der Waals surface area (Å²) in [6, 6.07) is 4.60. The van der Waals surface area contributed by atoms with E-state index in [4.69, 9.17) is 4.74 Å². The molecule has 2 aromatic rings. The van der Waals surface area contributed by atoms with Crippen LogP contribution >= 0.6 is 0 Å². The molecule has 0 atom stereocenters. The van der Waals surface area contributed by atoms with E-state index in [1.165, 1.54) is 64.2 Å². The molecule has 0 saturated heterocycles. The summed E-state index contributed by atoms with van der Waals surface area (Å²) in [6.45, 7) is 2.25. The van der Waals surface area contributed by atoms with Crippen molar-refractivity contribution in [3.63, 3.8) is 0 Å². The Morgan fingerprint density at radius 2 is 1.24 bits per heavy atom. The van der Waals surface area contributed by atoms with Crippen LogP contribution in [-0.4, -0.2) is 0 Å². The quantitative estimate of drug-likeness (QED) is 0.172. The monoisotopic (exact) mass is 521 g/mol. The van der Waals surface area contributed by atoms with Crippen LogP contribution in [0.5, 0.6) is 11.5 Å². The Bertz CT molecular complexity index is 999. The van der Waals surface area contributed by atoms with Crippen LogP contribution in [0.15, 0.2) is 18.2 Å². The maximum atomic E-state index is 15.2. The molecule has 0 heterocycles. The molecule has 0 aliphatic heterocycles. The van der Waals surface area contributed by atoms with Gasteiger partial charge in [0.1, 0.15) is 11.6 Å². The Balaban J connectivity index is 1.28. The number of rotatable bonds is 10. The van der Waals surface area contributed by atoms with E-state index < -0.39 is 40.6 Å². The summed E-state index contributed by atoms with van der Waals surface area (Å²) in [6.07, 6.45) is 16.5. The van der Waals surface area contributed by atoms with Crippen molar-refractivity contribution in [1.29, 1.82) is 0 Å². The van der Waals surface area contributed by atoms with E-state index in [2.05, 4.69) is 13.0 Å². The van der Waals surface area contributed by atoms with Crippen LogP contribution in [0.3, 0.4) is 0 Å². The lowest BCUT2D eigenvalue weighted by atomic mass is 9.73. The van der Waals surface area contributed by atoms with E-state index in [0.29, 0.717) is 30.9 Å². The summed E-state index contributed by atoms with van der Waals surface area (Å²) in [5, 5.41) is 0. The Morgan fingerprint density at radius 1 is 0.703 bits per heavy atom. The fourth-order valence-corrected chi connectivity index (χ4v) is 6.36. The largest absolute Gasteiger partial charge is 0.453 e. The van der Waals surface area contributed by atoms with Gasteiger partial charge in [-0.1, -0.05) is 71.1 Å². The first-order valence-electron chi connectivity index (χ1n) is 14.1. The maximum Gasteiger partial charge on any atom is 0.194 e. The second-order valence-electron chi connectivity index (χ2n) is 11.2. The Labute approximate surface area is 217 Å². The van der Waals surface area contributed by atoms with Gasteiger partial charge in [-0.2, -0.15) is 0 Å². The van der Waals surface area contributed by atoms with E-state index in [9.17, 15) is 17.6 Å². The van der Waals surface area contributed by atoms with Crippen molar-refractivity contribution in [2.45, 2.75) is 103 Å². The molecule has 0 spiro atoms. The number of halogens is 5.